The van der Waals surface area contributed by atoms with Crippen molar-refractivity contribution in [1.82, 2.24) is 39.5 Å². The van der Waals surface area contributed by atoms with Crippen molar-refractivity contribution < 1.29 is 9.47 Å². The lowest BCUT2D eigenvalue weighted by molar-refractivity contribution is -0.0371. The van der Waals surface area contributed by atoms with Gasteiger partial charge in [-0.25, -0.2) is 19.3 Å². The molecule has 0 saturated carbocycles. The van der Waals surface area contributed by atoms with Gasteiger partial charge >= 0.3 is 0 Å². The van der Waals surface area contributed by atoms with E-state index >= 15 is 0 Å². The zero-order chi connectivity index (χ0) is 23.7. The predicted octanol–water partition coefficient (Wildman–Crippen LogP) is 5.32. The van der Waals surface area contributed by atoms with Crippen molar-refractivity contribution in [1.29, 1.82) is 0 Å². The van der Waals surface area contributed by atoms with Gasteiger partial charge in [0.1, 0.15) is 5.15 Å². The number of hydrogen-bond acceptors (Lipinski definition) is 8. The van der Waals surface area contributed by atoms with Gasteiger partial charge in [0.05, 0.1) is 28.9 Å². The van der Waals surface area contributed by atoms with Crippen LogP contribution in [0.25, 0.3) is 22.1 Å². The lowest BCUT2D eigenvalue weighted by atomic mass is 10.2. The first-order chi connectivity index (χ1) is 16.5. The summed E-state index contributed by atoms with van der Waals surface area (Å²) in [6.07, 6.45) is 9.70. The first-order valence-corrected chi connectivity index (χ1v) is 12.3. The number of halogens is 3. The highest BCUT2D eigenvalue weighted by atomic mass is 35.5. The van der Waals surface area contributed by atoms with E-state index < -0.39 is 0 Å². The molecular weight excluding hydrogens is 503 g/mol. The number of hydrogen-bond donors (Lipinski definition) is 0. The third-order valence-corrected chi connectivity index (χ3v) is 6.48. The molecule has 0 spiro atoms. The van der Waals surface area contributed by atoms with Gasteiger partial charge in [0.15, 0.2) is 23.8 Å². The van der Waals surface area contributed by atoms with Crippen LogP contribution in [0.4, 0.5) is 0 Å². The van der Waals surface area contributed by atoms with Crippen LogP contribution in [0.1, 0.15) is 56.7 Å². The molecule has 13 heteroatoms. The summed E-state index contributed by atoms with van der Waals surface area (Å²) >= 11 is 17.7. The molecule has 34 heavy (non-hydrogen) atoms. The van der Waals surface area contributed by atoms with Gasteiger partial charge in [0.2, 0.25) is 10.6 Å². The maximum absolute atomic E-state index is 5.98. The Morgan fingerprint density at radius 2 is 1.26 bits per heavy atom. The third kappa shape index (κ3) is 4.83. The smallest absolute Gasteiger partial charge is 0.225 e. The molecule has 0 amide bonds. The highest BCUT2D eigenvalue weighted by molar-refractivity contribution is 6.35. The van der Waals surface area contributed by atoms with Crippen LogP contribution in [0.3, 0.4) is 0 Å². The van der Waals surface area contributed by atoms with E-state index in [1.54, 1.807) is 17.1 Å². The zero-order valence-corrected chi connectivity index (χ0v) is 20.8. The fourth-order valence-electron chi connectivity index (χ4n) is 4.15. The van der Waals surface area contributed by atoms with E-state index in [-0.39, 0.29) is 23.0 Å². The van der Waals surface area contributed by atoms with E-state index in [9.17, 15) is 0 Å². The molecule has 2 unspecified atom stereocenters. The average molecular weight is 526 g/mol. The average Bonchev–Trinajstić information content (AvgIpc) is 3.45. The molecule has 180 valence electrons. The van der Waals surface area contributed by atoms with Crippen molar-refractivity contribution in [2.45, 2.75) is 57.9 Å². The van der Waals surface area contributed by atoms with E-state index in [0.717, 1.165) is 68.5 Å². The summed E-state index contributed by atoms with van der Waals surface area (Å²) in [6.45, 7) is 3.44. The van der Waals surface area contributed by atoms with Crippen molar-refractivity contribution in [3.63, 3.8) is 0 Å². The molecule has 4 aromatic heterocycles. The second-order valence-electron chi connectivity index (χ2n) is 8.16. The fourth-order valence-corrected chi connectivity index (χ4v) is 4.78. The fraction of sp³-hybridized carbons (Fsp3) is 0.524. The maximum atomic E-state index is 5.98. The van der Waals surface area contributed by atoms with E-state index in [0.29, 0.717) is 16.2 Å². The van der Waals surface area contributed by atoms with Crippen LogP contribution in [0.2, 0.25) is 15.7 Å². The van der Waals surface area contributed by atoms with Gasteiger partial charge in [0, 0.05) is 13.2 Å². The Morgan fingerprint density at radius 3 is 1.82 bits per heavy atom. The maximum Gasteiger partial charge on any atom is 0.225 e. The summed E-state index contributed by atoms with van der Waals surface area (Å²) in [5, 5.41) is 11.0. The largest absolute Gasteiger partial charge is 0.356 e. The van der Waals surface area contributed by atoms with Gasteiger partial charge in [-0.3, -0.25) is 0 Å². The summed E-state index contributed by atoms with van der Waals surface area (Å²) in [5.41, 5.74) is 2.23. The summed E-state index contributed by atoms with van der Waals surface area (Å²) in [5.74, 6) is 0. The van der Waals surface area contributed by atoms with Crippen molar-refractivity contribution in [2.75, 3.05) is 13.2 Å². The normalized spacial score (nSPS) is 20.9. The van der Waals surface area contributed by atoms with Gasteiger partial charge in [-0.1, -0.05) is 11.6 Å². The summed E-state index contributed by atoms with van der Waals surface area (Å²) in [6, 6.07) is 0. The molecule has 2 aliphatic rings. The van der Waals surface area contributed by atoms with E-state index in [1.807, 2.05) is 11.6 Å². The minimum atomic E-state index is -0.0803. The Labute approximate surface area is 210 Å². The zero-order valence-electron chi connectivity index (χ0n) is 18.5. The summed E-state index contributed by atoms with van der Waals surface area (Å²) in [4.78, 5) is 16.4. The standard InChI is InChI=1S/C11H13ClN4O.C10H10Cl2N4O/c1-7-8-6-13-16(9-4-2-3-5-17-9)10(8)15-11(12)14-7;11-8-6-5-13-16(7-3-1-2-4-17-7)9(6)15-10(12)14-8/h6,9H,2-5H2,1H3;5,7H,1-4H2. The van der Waals surface area contributed by atoms with Gasteiger partial charge in [-0.2, -0.15) is 20.2 Å². The number of rotatable bonds is 2. The Morgan fingerprint density at radius 1 is 0.735 bits per heavy atom. The molecular formula is C21H23Cl3N8O2. The number of fused-ring (bicyclic) bond motifs is 2. The monoisotopic (exact) mass is 524 g/mol. The quantitative estimate of drug-likeness (QED) is 0.256. The molecule has 10 nitrogen and oxygen atoms in total. The molecule has 0 radical (unpaired) electrons. The SMILES string of the molecule is Cc1nc(Cl)nc2c1cnn2C1CCCCO1.Clc1nc(Cl)c2cnn(C3CCCCO3)c2n1. The predicted molar refractivity (Wildman–Crippen MR) is 128 cm³/mol. The molecule has 0 aliphatic carbocycles. The van der Waals surface area contributed by atoms with Crippen molar-refractivity contribution in [3.05, 3.63) is 33.8 Å². The molecule has 0 aromatic carbocycles. The third-order valence-electron chi connectivity index (χ3n) is 5.85. The van der Waals surface area contributed by atoms with Crippen LogP contribution in [0, 0.1) is 6.92 Å². The Kier molecular flexibility index (Phi) is 7.12. The molecule has 6 heterocycles. The number of aromatic nitrogens is 8. The Bertz CT molecular complexity index is 1200. The first-order valence-electron chi connectivity index (χ1n) is 11.2. The van der Waals surface area contributed by atoms with Crippen LogP contribution in [0.5, 0.6) is 0 Å². The molecule has 6 rings (SSSR count). The molecule has 4 aromatic rings. The van der Waals surface area contributed by atoms with Crippen LogP contribution in [0.15, 0.2) is 12.4 Å². The molecule has 2 fully saturated rings. The number of nitrogens with zero attached hydrogens (tertiary/aromatic N) is 8. The van der Waals surface area contributed by atoms with Crippen molar-refractivity contribution >= 4 is 56.9 Å². The highest BCUT2D eigenvalue weighted by Gasteiger charge is 2.22. The second-order valence-corrected chi connectivity index (χ2v) is 9.19. The van der Waals surface area contributed by atoms with Crippen LogP contribution in [-0.4, -0.2) is 52.7 Å². The first kappa shape index (κ1) is 23.6. The Hall–Kier alpha value is -2.11. The van der Waals surface area contributed by atoms with E-state index in [4.69, 9.17) is 44.3 Å². The van der Waals surface area contributed by atoms with Gasteiger partial charge < -0.3 is 9.47 Å². The molecule has 0 bridgehead atoms. The van der Waals surface area contributed by atoms with Crippen LogP contribution >= 0.6 is 34.8 Å². The topological polar surface area (TPSA) is 106 Å². The minimum absolute atomic E-state index is 0.0217. The highest BCUT2D eigenvalue weighted by Crippen LogP contribution is 2.29. The lowest BCUT2D eigenvalue weighted by Gasteiger charge is -2.22. The van der Waals surface area contributed by atoms with Gasteiger partial charge in [-0.15, -0.1) is 0 Å². The summed E-state index contributed by atoms with van der Waals surface area (Å²) in [7, 11) is 0. The molecule has 2 aliphatic heterocycles. The molecule has 2 saturated heterocycles. The molecule has 0 N–H and O–H groups in total. The van der Waals surface area contributed by atoms with E-state index in [1.165, 1.54) is 0 Å². The second kappa shape index (κ2) is 10.2. The number of aryl methyl sites for hydroxylation is 1. The van der Waals surface area contributed by atoms with E-state index in [2.05, 4.69) is 30.1 Å². The number of ether oxygens (including phenoxy) is 2. The minimum Gasteiger partial charge on any atom is -0.356 e. The molecule has 2 atom stereocenters. The Balaban J connectivity index is 0.000000142. The van der Waals surface area contributed by atoms with Gasteiger partial charge in [0.25, 0.3) is 0 Å². The lowest BCUT2D eigenvalue weighted by Crippen LogP contribution is -2.19. The van der Waals surface area contributed by atoms with Crippen molar-refractivity contribution in [2.24, 2.45) is 0 Å². The van der Waals surface area contributed by atoms with Crippen molar-refractivity contribution in [3.8, 4) is 0 Å². The van der Waals surface area contributed by atoms with Crippen LogP contribution < -0.4 is 0 Å². The van der Waals surface area contributed by atoms with Crippen LogP contribution in [-0.2, 0) is 9.47 Å². The summed E-state index contributed by atoms with van der Waals surface area (Å²) < 4.78 is 14.9. The van der Waals surface area contributed by atoms with Gasteiger partial charge in [-0.05, 0) is 68.7 Å².